The predicted octanol–water partition coefficient (Wildman–Crippen LogP) is 2.28. The highest BCUT2D eigenvalue weighted by Crippen LogP contribution is 2.11. The summed E-state index contributed by atoms with van der Waals surface area (Å²) in [6.45, 7) is 2.71. The number of ether oxygens (including phenoxy) is 1. The molecule has 0 aliphatic heterocycles. The Bertz CT molecular complexity index is 488. The van der Waals surface area contributed by atoms with Crippen LogP contribution in [-0.4, -0.2) is 31.3 Å². The standard InChI is InChI=1S/C11H14ClN5O/c1-2-3-4-8-18-11-15-9(12)14-10(16-11)17-7-5-6-13-17/h5-7H,2-4,8H2,1H3. The van der Waals surface area contributed by atoms with Crippen LogP contribution in [0.25, 0.3) is 5.95 Å². The molecule has 0 aliphatic carbocycles. The van der Waals surface area contributed by atoms with E-state index < -0.39 is 0 Å². The molecule has 0 bridgehead atoms. The highest BCUT2D eigenvalue weighted by Gasteiger charge is 2.07. The summed E-state index contributed by atoms with van der Waals surface area (Å²) in [5.41, 5.74) is 0. The lowest BCUT2D eigenvalue weighted by molar-refractivity contribution is 0.281. The Morgan fingerprint density at radius 3 is 2.89 bits per heavy atom. The van der Waals surface area contributed by atoms with Crippen molar-refractivity contribution in [2.45, 2.75) is 26.2 Å². The molecule has 0 unspecified atom stereocenters. The van der Waals surface area contributed by atoms with Gasteiger partial charge >= 0.3 is 6.01 Å². The van der Waals surface area contributed by atoms with E-state index in [9.17, 15) is 0 Å². The van der Waals surface area contributed by atoms with E-state index >= 15 is 0 Å². The molecule has 0 N–H and O–H groups in total. The van der Waals surface area contributed by atoms with Crippen LogP contribution in [-0.2, 0) is 0 Å². The maximum atomic E-state index is 5.82. The summed E-state index contributed by atoms with van der Waals surface area (Å²) < 4.78 is 6.95. The van der Waals surface area contributed by atoms with Crippen molar-refractivity contribution in [1.82, 2.24) is 24.7 Å². The number of aromatic nitrogens is 5. The summed E-state index contributed by atoms with van der Waals surface area (Å²) in [4.78, 5) is 12.1. The van der Waals surface area contributed by atoms with Gasteiger partial charge in [0, 0.05) is 12.4 Å². The van der Waals surface area contributed by atoms with Gasteiger partial charge in [-0.2, -0.15) is 20.1 Å². The smallest absolute Gasteiger partial charge is 0.322 e. The molecule has 2 aromatic rings. The van der Waals surface area contributed by atoms with E-state index in [-0.39, 0.29) is 11.3 Å². The largest absolute Gasteiger partial charge is 0.463 e. The Balaban J connectivity index is 2.07. The lowest BCUT2D eigenvalue weighted by Crippen LogP contribution is -2.07. The number of hydrogen-bond acceptors (Lipinski definition) is 5. The van der Waals surface area contributed by atoms with Crippen LogP contribution >= 0.6 is 11.6 Å². The lowest BCUT2D eigenvalue weighted by Gasteiger charge is -2.05. The SMILES string of the molecule is CCCCCOc1nc(Cl)nc(-n2cccn2)n1. The fourth-order valence-electron chi connectivity index (χ4n) is 1.39. The molecule has 7 heteroatoms. The third-order valence-corrected chi connectivity index (χ3v) is 2.43. The molecule has 96 valence electrons. The molecule has 2 aromatic heterocycles. The molecule has 2 heterocycles. The minimum absolute atomic E-state index is 0.0981. The summed E-state index contributed by atoms with van der Waals surface area (Å²) in [6.07, 6.45) is 6.59. The Morgan fingerprint density at radius 1 is 1.28 bits per heavy atom. The lowest BCUT2D eigenvalue weighted by atomic mass is 10.3. The van der Waals surface area contributed by atoms with Crippen molar-refractivity contribution in [3.05, 3.63) is 23.7 Å². The van der Waals surface area contributed by atoms with E-state index in [1.54, 1.807) is 18.5 Å². The van der Waals surface area contributed by atoms with Crippen LogP contribution in [0.5, 0.6) is 6.01 Å². The van der Waals surface area contributed by atoms with Crippen LogP contribution in [0.1, 0.15) is 26.2 Å². The molecule has 0 atom stereocenters. The second kappa shape index (κ2) is 6.30. The van der Waals surface area contributed by atoms with E-state index in [2.05, 4.69) is 27.0 Å². The van der Waals surface area contributed by atoms with Gasteiger partial charge in [0.1, 0.15) is 0 Å². The number of unbranched alkanes of at least 4 members (excludes halogenated alkanes) is 2. The van der Waals surface area contributed by atoms with Crippen molar-refractivity contribution < 1.29 is 4.74 Å². The van der Waals surface area contributed by atoms with Crippen LogP contribution in [0, 0.1) is 0 Å². The maximum Gasteiger partial charge on any atom is 0.322 e. The zero-order valence-corrected chi connectivity index (χ0v) is 10.8. The van der Waals surface area contributed by atoms with Gasteiger partial charge in [-0.15, -0.1) is 0 Å². The van der Waals surface area contributed by atoms with E-state index in [4.69, 9.17) is 16.3 Å². The van der Waals surface area contributed by atoms with E-state index in [1.807, 2.05) is 0 Å². The molecule has 0 saturated carbocycles. The number of nitrogens with zero attached hydrogens (tertiary/aromatic N) is 5. The molecule has 0 saturated heterocycles. The molecule has 2 rings (SSSR count). The molecule has 0 radical (unpaired) electrons. The van der Waals surface area contributed by atoms with Crippen molar-refractivity contribution in [3.63, 3.8) is 0 Å². The maximum absolute atomic E-state index is 5.82. The Morgan fingerprint density at radius 2 is 2.17 bits per heavy atom. The van der Waals surface area contributed by atoms with Crippen molar-refractivity contribution in [2.24, 2.45) is 0 Å². The molecule has 0 fully saturated rings. The highest BCUT2D eigenvalue weighted by atomic mass is 35.5. The highest BCUT2D eigenvalue weighted by molar-refractivity contribution is 6.28. The van der Waals surface area contributed by atoms with Crippen LogP contribution < -0.4 is 4.74 Å². The second-order valence-corrected chi connectivity index (χ2v) is 4.03. The van der Waals surface area contributed by atoms with Gasteiger partial charge < -0.3 is 4.74 Å². The minimum Gasteiger partial charge on any atom is -0.463 e. The predicted molar refractivity (Wildman–Crippen MR) is 67.0 cm³/mol. The Kier molecular flexibility index (Phi) is 4.46. The van der Waals surface area contributed by atoms with Gasteiger partial charge in [0.05, 0.1) is 6.61 Å². The summed E-state index contributed by atoms with van der Waals surface area (Å²) in [6, 6.07) is 2.01. The van der Waals surface area contributed by atoms with Gasteiger partial charge in [-0.1, -0.05) is 19.8 Å². The zero-order chi connectivity index (χ0) is 12.8. The average Bonchev–Trinajstić information content (AvgIpc) is 2.88. The normalized spacial score (nSPS) is 10.6. The first-order chi connectivity index (χ1) is 8.79. The summed E-state index contributed by atoms with van der Waals surface area (Å²) in [7, 11) is 0. The van der Waals surface area contributed by atoms with Gasteiger partial charge in [-0.25, -0.2) is 4.68 Å². The molecule has 18 heavy (non-hydrogen) atoms. The fraction of sp³-hybridized carbons (Fsp3) is 0.455. The van der Waals surface area contributed by atoms with Crippen molar-refractivity contribution >= 4 is 11.6 Å². The van der Waals surface area contributed by atoms with E-state index in [0.717, 1.165) is 19.3 Å². The number of hydrogen-bond donors (Lipinski definition) is 0. The summed E-state index contributed by atoms with van der Waals surface area (Å²) in [5, 5.41) is 4.13. The summed E-state index contributed by atoms with van der Waals surface area (Å²) >= 11 is 5.82. The third-order valence-electron chi connectivity index (χ3n) is 2.26. The number of halogens is 1. The minimum atomic E-state index is 0.0981. The zero-order valence-electron chi connectivity index (χ0n) is 10.1. The number of rotatable bonds is 6. The molecular formula is C11H14ClN5O. The van der Waals surface area contributed by atoms with Crippen molar-refractivity contribution in [3.8, 4) is 12.0 Å². The molecular weight excluding hydrogens is 254 g/mol. The first-order valence-corrected chi connectivity index (χ1v) is 6.22. The van der Waals surface area contributed by atoms with Crippen LogP contribution in [0.4, 0.5) is 0 Å². The third kappa shape index (κ3) is 3.40. The second-order valence-electron chi connectivity index (χ2n) is 3.69. The Hall–Kier alpha value is -1.69. The fourth-order valence-corrected chi connectivity index (χ4v) is 1.54. The van der Waals surface area contributed by atoms with Gasteiger partial charge in [0.25, 0.3) is 5.95 Å². The molecule has 0 spiro atoms. The average molecular weight is 268 g/mol. The van der Waals surface area contributed by atoms with E-state index in [1.165, 1.54) is 4.68 Å². The van der Waals surface area contributed by atoms with Crippen molar-refractivity contribution in [2.75, 3.05) is 6.61 Å². The van der Waals surface area contributed by atoms with Gasteiger partial charge in [-0.3, -0.25) is 0 Å². The van der Waals surface area contributed by atoms with Crippen LogP contribution in [0.3, 0.4) is 0 Å². The van der Waals surface area contributed by atoms with Gasteiger partial charge in [0.2, 0.25) is 5.28 Å². The molecule has 6 nitrogen and oxygen atoms in total. The molecule has 0 aliphatic rings. The van der Waals surface area contributed by atoms with Gasteiger partial charge in [-0.05, 0) is 24.1 Å². The van der Waals surface area contributed by atoms with Crippen molar-refractivity contribution in [1.29, 1.82) is 0 Å². The monoisotopic (exact) mass is 267 g/mol. The van der Waals surface area contributed by atoms with Crippen LogP contribution in [0.15, 0.2) is 18.5 Å². The topological polar surface area (TPSA) is 65.7 Å². The van der Waals surface area contributed by atoms with Crippen LogP contribution in [0.2, 0.25) is 5.28 Å². The Labute approximate surface area is 110 Å². The summed E-state index contributed by atoms with van der Waals surface area (Å²) in [5.74, 6) is 0.352. The molecule has 0 aromatic carbocycles. The first kappa shape index (κ1) is 12.8. The van der Waals surface area contributed by atoms with Gasteiger partial charge in [0.15, 0.2) is 0 Å². The van der Waals surface area contributed by atoms with E-state index in [0.29, 0.717) is 12.6 Å². The molecule has 0 amide bonds. The first-order valence-electron chi connectivity index (χ1n) is 5.84. The quantitative estimate of drug-likeness (QED) is 0.751.